The standard InChI is InChI=1S/C31H41NO2/c1-19-16-28-26(25-13-12-24(34)18-27(19)25)14-15-31(3)29(28)17-22(30(31)20(2)33)9-6-21-7-10-23(11-8-21)32(4)5/h7-8,10-11,18-19,22,28-30H,6,9,12-17H2,1-5H3/t19-,22-,28-,29+,30+,31+/m1/s1. The summed E-state index contributed by atoms with van der Waals surface area (Å²) in [7, 11) is 4.15. The molecule has 34 heavy (non-hydrogen) atoms. The first-order chi connectivity index (χ1) is 16.2. The van der Waals surface area contributed by atoms with Crippen LogP contribution in [0, 0.1) is 35.0 Å². The molecular formula is C31H41NO2. The van der Waals surface area contributed by atoms with E-state index in [0.29, 0.717) is 41.7 Å². The van der Waals surface area contributed by atoms with Crippen LogP contribution in [0.3, 0.4) is 0 Å². The summed E-state index contributed by atoms with van der Waals surface area (Å²) < 4.78 is 0. The second-order valence-corrected chi connectivity index (χ2v) is 12.1. The van der Waals surface area contributed by atoms with Gasteiger partial charge in [-0.05, 0) is 116 Å². The van der Waals surface area contributed by atoms with Crippen molar-refractivity contribution in [2.45, 2.75) is 72.1 Å². The summed E-state index contributed by atoms with van der Waals surface area (Å²) in [6.45, 7) is 6.61. The molecule has 4 aliphatic rings. The lowest BCUT2D eigenvalue weighted by Crippen LogP contribution is -2.43. The third kappa shape index (κ3) is 3.89. The molecule has 0 bridgehead atoms. The number of nitrogens with zero attached hydrogens (tertiary/aromatic N) is 1. The maximum atomic E-state index is 13.1. The molecule has 2 saturated carbocycles. The van der Waals surface area contributed by atoms with E-state index in [1.807, 2.05) is 13.0 Å². The Morgan fingerprint density at radius 2 is 1.82 bits per heavy atom. The maximum Gasteiger partial charge on any atom is 0.156 e. The van der Waals surface area contributed by atoms with Crippen LogP contribution in [0.1, 0.15) is 71.3 Å². The van der Waals surface area contributed by atoms with Gasteiger partial charge >= 0.3 is 0 Å². The molecule has 1 aromatic carbocycles. The van der Waals surface area contributed by atoms with Gasteiger partial charge in [-0.3, -0.25) is 9.59 Å². The molecule has 2 fully saturated rings. The van der Waals surface area contributed by atoms with Crippen LogP contribution < -0.4 is 4.90 Å². The Kier molecular flexibility index (Phi) is 6.11. The summed E-state index contributed by atoms with van der Waals surface area (Å²) in [5, 5.41) is 0. The molecule has 0 spiro atoms. The van der Waals surface area contributed by atoms with Gasteiger partial charge in [0.2, 0.25) is 0 Å². The number of hydrogen-bond acceptors (Lipinski definition) is 3. The van der Waals surface area contributed by atoms with Crippen LogP contribution in [0.5, 0.6) is 0 Å². The van der Waals surface area contributed by atoms with Crippen molar-refractivity contribution in [3.05, 3.63) is 52.6 Å². The van der Waals surface area contributed by atoms with Crippen molar-refractivity contribution in [2.75, 3.05) is 19.0 Å². The van der Waals surface area contributed by atoms with Crippen molar-refractivity contribution >= 4 is 17.3 Å². The molecule has 0 N–H and O–H groups in total. The normalized spacial score (nSPS) is 34.8. The molecule has 3 nitrogen and oxygen atoms in total. The summed E-state index contributed by atoms with van der Waals surface area (Å²) >= 11 is 0. The van der Waals surface area contributed by atoms with Crippen molar-refractivity contribution in [1.82, 2.24) is 0 Å². The monoisotopic (exact) mass is 459 g/mol. The van der Waals surface area contributed by atoms with E-state index in [4.69, 9.17) is 0 Å². The Balaban J connectivity index is 1.40. The van der Waals surface area contributed by atoms with Crippen LogP contribution in [-0.2, 0) is 16.0 Å². The number of Topliss-reactive ketones (excluding diaryl/α,β-unsaturated/α-hetero) is 1. The third-order valence-electron chi connectivity index (χ3n) is 9.96. The fourth-order valence-corrected chi connectivity index (χ4v) is 8.39. The molecule has 0 aromatic heterocycles. The van der Waals surface area contributed by atoms with Crippen molar-refractivity contribution in [1.29, 1.82) is 0 Å². The molecule has 0 aliphatic heterocycles. The highest BCUT2D eigenvalue weighted by Crippen LogP contribution is 2.65. The molecule has 0 heterocycles. The van der Waals surface area contributed by atoms with Crippen molar-refractivity contribution in [3.63, 3.8) is 0 Å². The predicted molar refractivity (Wildman–Crippen MR) is 139 cm³/mol. The molecule has 182 valence electrons. The van der Waals surface area contributed by atoms with Crippen molar-refractivity contribution in [2.24, 2.45) is 35.0 Å². The van der Waals surface area contributed by atoms with Gasteiger partial charge in [0.15, 0.2) is 5.78 Å². The molecule has 4 aliphatic carbocycles. The average Bonchev–Trinajstić information content (AvgIpc) is 3.11. The highest BCUT2D eigenvalue weighted by Gasteiger charge is 2.58. The first-order valence-corrected chi connectivity index (χ1v) is 13.4. The van der Waals surface area contributed by atoms with Crippen LogP contribution in [0.15, 0.2) is 47.1 Å². The lowest BCUT2D eigenvalue weighted by atomic mass is 9.54. The zero-order valence-electron chi connectivity index (χ0n) is 21.7. The number of allylic oxidation sites excluding steroid dienone is 4. The minimum absolute atomic E-state index is 0.116. The summed E-state index contributed by atoms with van der Waals surface area (Å²) in [5.41, 5.74) is 7.24. The second-order valence-electron chi connectivity index (χ2n) is 12.1. The van der Waals surface area contributed by atoms with E-state index in [2.05, 4.69) is 57.1 Å². The van der Waals surface area contributed by atoms with E-state index < -0.39 is 0 Å². The number of fused-ring (bicyclic) bond motifs is 4. The van der Waals surface area contributed by atoms with Gasteiger partial charge in [0.05, 0.1) is 0 Å². The summed E-state index contributed by atoms with van der Waals surface area (Å²) in [6.07, 6.45) is 10.3. The van der Waals surface area contributed by atoms with Crippen LogP contribution in [0.25, 0.3) is 0 Å². The maximum absolute atomic E-state index is 13.1. The zero-order chi connectivity index (χ0) is 24.2. The van der Waals surface area contributed by atoms with E-state index in [9.17, 15) is 9.59 Å². The lowest BCUT2D eigenvalue weighted by Gasteiger charge is -2.50. The van der Waals surface area contributed by atoms with Crippen molar-refractivity contribution in [3.8, 4) is 0 Å². The Morgan fingerprint density at radius 1 is 1.09 bits per heavy atom. The molecule has 0 radical (unpaired) electrons. The van der Waals surface area contributed by atoms with Gasteiger partial charge < -0.3 is 4.90 Å². The fraction of sp³-hybridized carbons (Fsp3) is 0.613. The molecule has 6 atom stereocenters. The van der Waals surface area contributed by atoms with Gasteiger partial charge in [-0.25, -0.2) is 0 Å². The summed E-state index contributed by atoms with van der Waals surface area (Å²) in [6, 6.07) is 8.92. The smallest absolute Gasteiger partial charge is 0.156 e. The lowest BCUT2D eigenvalue weighted by molar-refractivity contribution is -0.126. The largest absolute Gasteiger partial charge is 0.378 e. The van der Waals surface area contributed by atoms with E-state index in [1.165, 1.54) is 28.8 Å². The highest BCUT2D eigenvalue weighted by atomic mass is 16.1. The first-order valence-electron chi connectivity index (χ1n) is 13.4. The number of carbonyl (C=O) groups excluding carboxylic acids is 2. The van der Waals surface area contributed by atoms with E-state index in [0.717, 1.165) is 38.5 Å². The zero-order valence-corrected chi connectivity index (χ0v) is 21.7. The van der Waals surface area contributed by atoms with Crippen LogP contribution in [-0.4, -0.2) is 25.7 Å². The van der Waals surface area contributed by atoms with E-state index in [-0.39, 0.29) is 11.3 Å². The molecular weight excluding hydrogens is 418 g/mol. The molecule has 3 heteroatoms. The topological polar surface area (TPSA) is 37.4 Å². The minimum atomic E-state index is 0.116. The van der Waals surface area contributed by atoms with Gasteiger partial charge in [0.1, 0.15) is 5.78 Å². The van der Waals surface area contributed by atoms with E-state index in [1.54, 1.807) is 5.57 Å². The number of ketones is 2. The predicted octanol–water partition coefficient (Wildman–Crippen LogP) is 6.57. The van der Waals surface area contributed by atoms with Crippen LogP contribution in [0.2, 0.25) is 0 Å². The number of hydrogen-bond donors (Lipinski definition) is 0. The Morgan fingerprint density at radius 3 is 2.50 bits per heavy atom. The van der Waals surface area contributed by atoms with Crippen LogP contribution in [0.4, 0.5) is 5.69 Å². The number of carbonyl (C=O) groups is 2. The van der Waals surface area contributed by atoms with Gasteiger partial charge in [0, 0.05) is 32.1 Å². The Bertz CT molecular complexity index is 1050. The Labute approximate surface area is 205 Å². The molecule has 5 rings (SSSR count). The summed E-state index contributed by atoms with van der Waals surface area (Å²) in [5.74, 6) is 3.03. The average molecular weight is 460 g/mol. The first kappa shape index (κ1) is 23.6. The Hall–Kier alpha value is -2.16. The molecule has 0 saturated heterocycles. The minimum Gasteiger partial charge on any atom is -0.378 e. The van der Waals surface area contributed by atoms with Gasteiger partial charge in [-0.15, -0.1) is 0 Å². The van der Waals surface area contributed by atoms with Gasteiger partial charge in [-0.1, -0.05) is 31.6 Å². The fourth-order valence-electron chi connectivity index (χ4n) is 8.39. The SMILES string of the molecule is CC(=O)[C@H]1[C@H](CCc2ccc(N(C)C)cc2)C[C@H]2[C@@H]3C[C@@H](C)C4=CC(=O)CCC4=C3CC[C@@]21C. The number of anilines is 1. The molecule has 1 aromatic rings. The quantitative estimate of drug-likeness (QED) is 0.500. The van der Waals surface area contributed by atoms with E-state index >= 15 is 0 Å². The number of rotatable bonds is 5. The molecule has 0 unspecified atom stereocenters. The number of benzene rings is 1. The summed E-state index contributed by atoms with van der Waals surface area (Å²) in [4.78, 5) is 27.3. The van der Waals surface area contributed by atoms with Gasteiger partial charge in [-0.2, -0.15) is 0 Å². The van der Waals surface area contributed by atoms with Crippen LogP contribution >= 0.6 is 0 Å². The second kappa shape index (κ2) is 8.81. The highest BCUT2D eigenvalue weighted by molar-refractivity contribution is 5.93. The van der Waals surface area contributed by atoms with Gasteiger partial charge in [0.25, 0.3) is 0 Å². The third-order valence-corrected chi connectivity index (χ3v) is 9.96. The van der Waals surface area contributed by atoms with Crippen molar-refractivity contribution < 1.29 is 9.59 Å². The molecule has 0 amide bonds. The number of aryl methyl sites for hydroxylation is 1.